The van der Waals surface area contributed by atoms with Crippen molar-refractivity contribution in [3.05, 3.63) is 222 Å². The first-order valence-electron chi connectivity index (χ1n) is 19.5. The minimum Gasteiger partial charge on any atom is -0.310 e. The van der Waals surface area contributed by atoms with Crippen LogP contribution in [0.25, 0.3) is 33.0 Å². The molecule has 260 valence electrons. The van der Waals surface area contributed by atoms with Crippen molar-refractivity contribution in [1.82, 2.24) is 0 Å². The van der Waals surface area contributed by atoms with E-state index in [0.717, 1.165) is 0 Å². The van der Waals surface area contributed by atoms with Gasteiger partial charge in [0.05, 0.1) is 16.8 Å². The van der Waals surface area contributed by atoms with Gasteiger partial charge in [-0.05, 0) is 112 Å². The van der Waals surface area contributed by atoms with Gasteiger partial charge in [0.25, 0.3) is 0 Å². The molecule has 4 heterocycles. The average Bonchev–Trinajstić information content (AvgIpc) is 3.74. The van der Waals surface area contributed by atoms with Crippen LogP contribution in [0, 0.1) is 0 Å². The summed E-state index contributed by atoms with van der Waals surface area (Å²) in [5, 5.41) is 8.64. The molecule has 0 aromatic heterocycles. The lowest BCUT2D eigenvalue weighted by atomic mass is 9.62. The first kappa shape index (κ1) is 30.9. The third-order valence-electron chi connectivity index (χ3n) is 13.1. The van der Waals surface area contributed by atoms with E-state index in [2.05, 4.69) is 205 Å². The van der Waals surface area contributed by atoms with Gasteiger partial charge in [-0.2, -0.15) is 0 Å². The summed E-state index contributed by atoms with van der Waals surface area (Å²) in [7, 11) is -2.71. The third-order valence-corrected chi connectivity index (χ3v) is 19.2. The number of nitrogens with zero attached hydrogens (tertiary/aromatic N) is 1. The van der Waals surface area contributed by atoms with E-state index in [1.54, 1.807) is 0 Å². The Morgan fingerprint density at radius 3 is 1.64 bits per heavy atom. The van der Waals surface area contributed by atoms with E-state index < -0.39 is 13.5 Å². The van der Waals surface area contributed by atoms with Crippen LogP contribution in [-0.4, -0.2) is 8.07 Å². The van der Waals surface area contributed by atoms with Crippen LogP contribution in [0.2, 0.25) is 0 Å². The number of rotatable bonds is 1. The predicted octanol–water partition coefficient (Wildman–Crippen LogP) is 10.8. The van der Waals surface area contributed by atoms with Crippen LogP contribution in [-0.2, 0) is 5.41 Å². The first-order valence-corrected chi connectivity index (χ1v) is 22.3. The van der Waals surface area contributed by atoms with Crippen molar-refractivity contribution in [2.75, 3.05) is 4.90 Å². The lowest BCUT2D eigenvalue weighted by molar-refractivity contribution is 0.692. The van der Waals surface area contributed by atoms with Crippen LogP contribution < -0.4 is 25.6 Å². The van der Waals surface area contributed by atoms with Gasteiger partial charge in [0.15, 0.2) is 8.07 Å². The minimum atomic E-state index is -2.71. The molecule has 0 saturated carbocycles. The number of hydrogen-bond donors (Lipinski definition) is 0. The number of fused-ring (bicyclic) bond motifs is 20. The highest BCUT2D eigenvalue weighted by Gasteiger charge is 2.55. The van der Waals surface area contributed by atoms with Crippen molar-refractivity contribution in [3.63, 3.8) is 0 Å². The SMILES string of the molecule is c1ccc2c(c1)Sc1ccccc1C21c2ccccc2N(c2ccc3c(c2)[Si]2(c4ccccc4-3)c3ccccc3-c3c2ccc2ccccc32)c2ccccc21. The Morgan fingerprint density at radius 1 is 0.393 bits per heavy atom. The maximum absolute atomic E-state index is 2.71. The summed E-state index contributed by atoms with van der Waals surface area (Å²) in [5.41, 5.74) is 14.1. The molecule has 0 aliphatic carbocycles. The molecule has 4 aliphatic heterocycles. The second-order valence-corrected chi connectivity index (χ2v) is 20.2. The van der Waals surface area contributed by atoms with Gasteiger partial charge in [-0.15, -0.1) is 0 Å². The van der Waals surface area contributed by atoms with Crippen molar-refractivity contribution >= 4 is 68.4 Å². The van der Waals surface area contributed by atoms with Gasteiger partial charge in [-0.1, -0.05) is 176 Å². The monoisotopic (exact) mass is 743 g/mol. The summed E-state index contributed by atoms with van der Waals surface area (Å²) in [5.74, 6) is 0. The van der Waals surface area contributed by atoms with E-state index in [4.69, 9.17) is 0 Å². The summed E-state index contributed by atoms with van der Waals surface area (Å²) in [4.78, 5) is 5.20. The van der Waals surface area contributed by atoms with Gasteiger partial charge < -0.3 is 4.90 Å². The molecule has 0 radical (unpaired) electrons. The largest absolute Gasteiger partial charge is 0.310 e. The highest BCUT2D eigenvalue weighted by atomic mass is 32.2. The van der Waals surface area contributed by atoms with Crippen molar-refractivity contribution in [2.45, 2.75) is 15.2 Å². The number of benzene rings is 9. The van der Waals surface area contributed by atoms with Gasteiger partial charge in [-0.25, -0.2) is 0 Å². The summed E-state index contributed by atoms with van der Waals surface area (Å²) >= 11 is 1.90. The van der Waals surface area contributed by atoms with Gasteiger partial charge in [-0.3, -0.25) is 0 Å². The molecule has 0 amide bonds. The Bertz CT molecular complexity index is 3070. The van der Waals surface area contributed by atoms with Crippen molar-refractivity contribution in [2.24, 2.45) is 0 Å². The lowest BCUT2D eigenvalue weighted by Crippen LogP contribution is -2.70. The molecule has 0 bridgehead atoms. The fourth-order valence-electron chi connectivity index (χ4n) is 11.1. The zero-order valence-electron chi connectivity index (χ0n) is 30.4. The van der Waals surface area contributed by atoms with E-state index in [-0.39, 0.29) is 0 Å². The third kappa shape index (κ3) is 3.64. The van der Waals surface area contributed by atoms with E-state index in [1.807, 2.05) is 11.8 Å². The Labute approximate surface area is 331 Å². The van der Waals surface area contributed by atoms with Gasteiger partial charge in [0.2, 0.25) is 0 Å². The molecule has 1 nitrogen and oxygen atoms in total. The molecule has 9 aromatic rings. The zero-order valence-corrected chi connectivity index (χ0v) is 32.2. The quantitative estimate of drug-likeness (QED) is 0.154. The molecule has 1 unspecified atom stereocenters. The summed E-state index contributed by atoms with van der Waals surface area (Å²) < 4.78 is 0. The van der Waals surface area contributed by atoms with Crippen molar-refractivity contribution in [1.29, 1.82) is 0 Å². The number of hydrogen-bond acceptors (Lipinski definition) is 2. The van der Waals surface area contributed by atoms with Crippen LogP contribution in [0.1, 0.15) is 22.3 Å². The maximum atomic E-state index is 2.59. The van der Waals surface area contributed by atoms with Crippen molar-refractivity contribution in [3.8, 4) is 22.3 Å². The van der Waals surface area contributed by atoms with Gasteiger partial charge in [0, 0.05) is 15.5 Å². The van der Waals surface area contributed by atoms with Crippen LogP contribution in [0.4, 0.5) is 17.1 Å². The van der Waals surface area contributed by atoms with Crippen LogP contribution >= 0.6 is 11.8 Å². The topological polar surface area (TPSA) is 3.24 Å². The highest BCUT2D eigenvalue weighted by molar-refractivity contribution is 7.99. The average molecular weight is 744 g/mol. The van der Waals surface area contributed by atoms with Crippen molar-refractivity contribution < 1.29 is 0 Å². The summed E-state index contributed by atoms with van der Waals surface area (Å²) in [6.45, 7) is 0. The molecule has 0 saturated heterocycles. The van der Waals surface area contributed by atoms with Crippen LogP contribution in [0.3, 0.4) is 0 Å². The minimum absolute atomic E-state index is 0.463. The van der Waals surface area contributed by atoms with E-state index >= 15 is 0 Å². The number of para-hydroxylation sites is 2. The highest BCUT2D eigenvalue weighted by Crippen LogP contribution is 2.62. The Kier molecular flexibility index (Phi) is 6.12. The van der Waals surface area contributed by atoms with Gasteiger partial charge in [0.1, 0.15) is 0 Å². The van der Waals surface area contributed by atoms with Gasteiger partial charge >= 0.3 is 0 Å². The maximum Gasteiger partial charge on any atom is 0.182 e. The molecule has 1 atom stereocenters. The summed E-state index contributed by atoms with van der Waals surface area (Å²) in [6, 6.07) is 76.3. The molecule has 0 N–H and O–H groups in total. The molecular formula is C53H33NSSi. The molecule has 2 spiro atoms. The fourth-order valence-corrected chi connectivity index (χ4v) is 18.0. The zero-order chi connectivity index (χ0) is 36.6. The molecular weight excluding hydrogens is 711 g/mol. The molecule has 56 heavy (non-hydrogen) atoms. The Hall–Kier alpha value is -6.39. The fraction of sp³-hybridized carbons (Fsp3) is 0.0189. The Balaban J connectivity index is 1.11. The van der Waals surface area contributed by atoms with E-state index in [0.29, 0.717) is 0 Å². The second kappa shape index (κ2) is 11.1. The molecule has 3 heteroatoms. The molecule has 9 aromatic carbocycles. The molecule has 4 aliphatic rings. The van der Waals surface area contributed by atoms with E-state index in [1.165, 1.54) is 103 Å². The summed E-state index contributed by atoms with van der Waals surface area (Å²) in [6.07, 6.45) is 0. The normalized spacial score (nSPS) is 17.0. The first-order chi connectivity index (χ1) is 27.8. The standard InChI is InChI=1S/C53H33NSSi/c1-2-16-36-34(15-1)29-32-50-52(36)39-18-4-14-28-49(39)56(50)48-27-13-3-17-37(48)38-31-30-35(33-51(38)56)54-44-23-9-5-19-40(44)53(41-20-6-10-24-45(41)54)42-21-7-11-25-46(42)55-47-26-12-8-22-43(47)53/h1-33H. The number of anilines is 3. The van der Waals surface area contributed by atoms with Crippen LogP contribution in [0.5, 0.6) is 0 Å². The predicted molar refractivity (Wildman–Crippen MR) is 236 cm³/mol. The van der Waals surface area contributed by atoms with Crippen LogP contribution in [0.15, 0.2) is 210 Å². The smallest absolute Gasteiger partial charge is 0.182 e. The second-order valence-electron chi connectivity index (χ2n) is 15.5. The van der Waals surface area contributed by atoms with E-state index in [9.17, 15) is 0 Å². The lowest BCUT2D eigenvalue weighted by Gasteiger charge is -2.49. The molecule has 13 rings (SSSR count). The Morgan fingerprint density at radius 2 is 0.929 bits per heavy atom. The molecule has 0 fully saturated rings.